The summed E-state index contributed by atoms with van der Waals surface area (Å²) in [6, 6.07) is 6.15. The second kappa shape index (κ2) is 5.39. The van der Waals surface area contributed by atoms with Gasteiger partial charge in [-0.1, -0.05) is 12.1 Å². The summed E-state index contributed by atoms with van der Waals surface area (Å²) in [7, 11) is 0. The van der Waals surface area contributed by atoms with Gasteiger partial charge in [0.05, 0.1) is 0 Å². The van der Waals surface area contributed by atoms with E-state index in [1.165, 1.54) is 12.1 Å². The van der Waals surface area contributed by atoms with Crippen LogP contribution in [0.5, 0.6) is 11.5 Å². The first kappa shape index (κ1) is 9.60. The van der Waals surface area contributed by atoms with E-state index in [1.807, 2.05) is 0 Å². The molecule has 3 nitrogen and oxygen atoms in total. The molecule has 0 spiro atoms. The summed E-state index contributed by atoms with van der Waals surface area (Å²) in [4.78, 5) is 0. The summed E-state index contributed by atoms with van der Waals surface area (Å²) >= 11 is 0.350. The molecule has 0 heterocycles. The number of benzene rings is 1. The second-order valence-electron chi connectivity index (χ2n) is 1.49. The Balaban J connectivity index is 0.000000371. The fourth-order valence-electron chi connectivity index (χ4n) is 0.464. The van der Waals surface area contributed by atoms with Crippen LogP contribution in [0.4, 0.5) is 0 Å². The maximum atomic E-state index is 8.67. The van der Waals surface area contributed by atoms with E-state index in [1.54, 1.807) is 12.1 Å². The van der Waals surface area contributed by atoms with Crippen molar-refractivity contribution in [1.82, 2.24) is 0 Å². The van der Waals surface area contributed by atoms with Gasteiger partial charge in [-0.05, 0) is 12.1 Å². The Morgan fingerprint density at radius 2 is 1.20 bits per heavy atom. The molecule has 1 rings (SSSR count). The van der Waals surface area contributed by atoms with E-state index in [2.05, 4.69) is 0 Å². The molecule has 0 aliphatic carbocycles. The third-order valence-electron chi connectivity index (χ3n) is 0.882. The maximum absolute atomic E-state index is 8.67. The topological polar surface area (TPSA) is 60.7 Å². The van der Waals surface area contributed by atoms with Crippen LogP contribution < -0.4 is 0 Å². The van der Waals surface area contributed by atoms with Gasteiger partial charge in [-0.25, -0.2) is 0 Å². The molecular formula is C6H9O3Sb. The summed E-state index contributed by atoms with van der Waals surface area (Å²) in [5.41, 5.74) is 0. The first-order valence-electron chi connectivity index (χ1n) is 2.53. The van der Waals surface area contributed by atoms with Crippen molar-refractivity contribution in [2.75, 3.05) is 0 Å². The molecule has 0 aromatic heterocycles. The van der Waals surface area contributed by atoms with Crippen LogP contribution in [0.25, 0.3) is 0 Å². The van der Waals surface area contributed by atoms with E-state index in [-0.39, 0.29) is 11.5 Å². The fourth-order valence-corrected chi connectivity index (χ4v) is 0.464. The van der Waals surface area contributed by atoms with Gasteiger partial charge in [0.2, 0.25) is 0 Å². The monoisotopic (exact) mass is 250 g/mol. The van der Waals surface area contributed by atoms with Gasteiger partial charge in [0.1, 0.15) is 0 Å². The molecule has 0 bridgehead atoms. The van der Waals surface area contributed by atoms with E-state index in [0.29, 0.717) is 23.4 Å². The fraction of sp³-hybridized carbons (Fsp3) is 0. The van der Waals surface area contributed by atoms with Gasteiger partial charge < -0.3 is 10.2 Å². The molecule has 0 fully saturated rings. The Bertz CT molecular complexity index is 169. The first-order valence-corrected chi connectivity index (χ1v) is 4.01. The van der Waals surface area contributed by atoms with E-state index in [4.69, 9.17) is 13.6 Å². The molecule has 3 N–H and O–H groups in total. The molecule has 56 valence electrons. The standard InChI is InChI=1S/C6H6O2.H2O.Sb.2H/c7-5-3-1-2-4-6(5)8;;;;/h1-4,7-8H;1H2;;;/q;;+1;;/p-1. The summed E-state index contributed by atoms with van der Waals surface area (Å²) in [6.45, 7) is 0. The molecule has 1 aromatic rings. The quantitative estimate of drug-likeness (QED) is 0.435. The van der Waals surface area contributed by atoms with Crippen molar-refractivity contribution in [3.63, 3.8) is 0 Å². The average molecular weight is 251 g/mol. The van der Waals surface area contributed by atoms with Crippen LogP contribution in [0.2, 0.25) is 0 Å². The zero-order chi connectivity index (χ0) is 7.98. The number of aromatic hydroxyl groups is 2. The van der Waals surface area contributed by atoms with Gasteiger partial charge in [0, 0.05) is 0 Å². The van der Waals surface area contributed by atoms with Crippen molar-refractivity contribution in [3.05, 3.63) is 24.3 Å². The molecule has 10 heavy (non-hydrogen) atoms. The van der Waals surface area contributed by atoms with Gasteiger partial charge in [0.25, 0.3) is 0 Å². The molecule has 0 unspecified atom stereocenters. The average Bonchev–Trinajstić information content (AvgIpc) is 2.00. The van der Waals surface area contributed by atoms with Crippen molar-refractivity contribution in [2.24, 2.45) is 0 Å². The zero-order valence-corrected chi connectivity index (χ0v) is 8.52. The Morgan fingerprint density at radius 1 is 0.900 bits per heavy atom. The minimum absolute atomic E-state index is 0.0764. The van der Waals surface area contributed by atoms with E-state index in [9.17, 15) is 0 Å². The van der Waals surface area contributed by atoms with Crippen molar-refractivity contribution in [1.29, 1.82) is 0 Å². The van der Waals surface area contributed by atoms with Gasteiger partial charge in [-0.3, -0.25) is 0 Å². The van der Waals surface area contributed by atoms with Crippen molar-refractivity contribution in [2.45, 2.75) is 0 Å². The van der Waals surface area contributed by atoms with E-state index >= 15 is 0 Å². The third kappa shape index (κ3) is 2.95. The predicted octanol–water partition coefficient (Wildman–Crippen LogP) is -0.375. The molecule has 0 radical (unpaired) electrons. The molecule has 0 aliphatic heterocycles. The number of phenolic OH excluding ortho intramolecular Hbond substituents is 2. The number of hydrogen-bond acceptors (Lipinski definition) is 3. The number of rotatable bonds is 0. The molecule has 0 amide bonds. The summed E-state index contributed by atoms with van der Waals surface area (Å²) in [6.07, 6.45) is 0. The predicted molar refractivity (Wildman–Crippen MR) is 40.5 cm³/mol. The molecule has 4 heteroatoms. The van der Waals surface area contributed by atoms with Crippen LogP contribution in [0.1, 0.15) is 0 Å². The van der Waals surface area contributed by atoms with Crippen LogP contribution in [-0.4, -0.2) is 37.0 Å². The normalized spacial score (nSPS) is 7.80. The number of hydrogen-bond donors (Lipinski definition) is 3. The minimum atomic E-state index is -0.0764. The van der Waals surface area contributed by atoms with Crippen molar-refractivity contribution >= 4 is 23.4 Å². The van der Waals surface area contributed by atoms with E-state index < -0.39 is 0 Å². The summed E-state index contributed by atoms with van der Waals surface area (Å²) < 4.78 is 7.13. The third-order valence-corrected chi connectivity index (χ3v) is 0.882. The van der Waals surface area contributed by atoms with E-state index in [0.717, 1.165) is 0 Å². The molecule has 0 saturated carbocycles. The molecule has 0 atom stereocenters. The molecular weight excluding hydrogens is 242 g/mol. The number of phenols is 2. The Morgan fingerprint density at radius 3 is 1.40 bits per heavy atom. The van der Waals surface area contributed by atoms with Crippen LogP contribution in [0.3, 0.4) is 0 Å². The Kier molecular flexibility index (Phi) is 5.17. The van der Waals surface area contributed by atoms with Crippen LogP contribution in [0.15, 0.2) is 24.3 Å². The van der Waals surface area contributed by atoms with Gasteiger partial charge in [-0.15, -0.1) is 0 Å². The first-order chi connectivity index (χ1) is 4.80. The van der Waals surface area contributed by atoms with Gasteiger partial charge in [0.15, 0.2) is 11.5 Å². The second-order valence-corrected chi connectivity index (χ2v) is 1.49. The van der Waals surface area contributed by atoms with Crippen molar-refractivity contribution < 1.29 is 13.6 Å². The number of para-hydroxylation sites is 2. The molecule has 1 aromatic carbocycles. The Labute approximate surface area is 73.0 Å². The van der Waals surface area contributed by atoms with Crippen LogP contribution >= 0.6 is 0 Å². The van der Waals surface area contributed by atoms with Gasteiger partial charge in [-0.2, -0.15) is 0 Å². The van der Waals surface area contributed by atoms with Crippen LogP contribution in [0, 0.1) is 0 Å². The van der Waals surface area contributed by atoms with Crippen molar-refractivity contribution in [3.8, 4) is 11.5 Å². The summed E-state index contributed by atoms with van der Waals surface area (Å²) in [5.74, 6) is -0.153. The zero-order valence-electron chi connectivity index (χ0n) is 5.23. The van der Waals surface area contributed by atoms with Crippen LogP contribution in [-0.2, 0) is 0 Å². The van der Waals surface area contributed by atoms with Gasteiger partial charge >= 0.3 is 26.8 Å². The molecule has 0 saturated heterocycles. The summed E-state index contributed by atoms with van der Waals surface area (Å²) in [5, 5.41) is 17.3. The SMILES string of the molecule is Oc1ccccc1O.[OH][SbH2]. The Hall–Kier alpha value is -0.402. The molecule has 0 aliphatic rings.